The third kappa shape index (κ3) is 24.1. The van der Waals surface area contributed by atoms with Gasteiger partial charge in [-0.2, -0.15) is 0 Å². The summed E-state index contributed by atoms with van der Waals surface area (Å²) in [5.74, 6) is 0. The summed E-state index contributed by atoms with van der Waals surface area (Å²) in [5.41, 5.74) is 0. The van der Waals surface area contributed by atoms with Crippen LogP contribution in [0.25, 0.3) is 0 Å². The summed E-state index contributed by atoms with van der Waals surface area (Å²) in [6, 6.07) is 0. The van der Waals surface area contributed by atoms with Crippen LogP contribution in [0.4, 0.5) is 0 Å². The SMILES string of the molecule is CCCCCCC.S=C=S. The molecular formula is C8H16S2. The van der Waals surface area contributed by atoms with Gasteiger partial charge in [0.05, 0.1) is 0 Å². The quantitative estimate of drug-likeness (QED) is 0.469. The van der Waals surface area contributed by atoms with Crippen LogP contribution in [0.5, 0.6) is 0 Å². The summed E-state index contributed by atoms with van der Waals surface area (Å²) in [6.07, 6.45) is 7.01. The van der Waals surface area contributed by atoms with Gasteiger partial charge in [-0.3, -0.25) is 0 Å². The van der Waals surface area contributed by atoms with E-state index in [-0.39, 0.29) is 0 Å². The maximum absolute atomic E-state index is 3.96. The molecular weight excluding hydrogens is 160 g/mol. The molecule has 10 heavy (non-hydrogen) atoms. The molecule has 0 N–H and O–H groups in total. The van der Waals surface area contributed by atoms with Gasteiger partial charge >= 0.3 is 0 Å². The molecule has 0 unspecified atom stereocenters. The highest BCUT2D eigenvalue weighted by atomic mass is 32.1. The summed E-state index contributed by atoms with van der Waals surface area (Å²) < 4.78 is 1.92. The minimum Gasteiger partial charge on any atom is -0.0654 e. The Morgan fingerprint density at radius 2 is 1.20 bits per heavy atom. The van der Waals surface area contributed by atoms with Gasteiger partial charge in [-0.05, 0) is 24.4 Å². The first-order chi connectivity index (χ1) is 4.83. The van der Waals surface area contributed by atoms with E-state index >= 15 is 0 Å². The molecule has 0 radical (unpaired) electrons. The van der Waals surface area contributed by atoms with Gasteiger partial charge in [0.25, 0.3) is 0 Å². The second kappa shape index (κ2) is 16.1. The summed E-state index contributed by atoms with van der Waals surface area (Å²) in [7, 11) is 0. The second-order valence-electron chi connectivity index (χ2n) is 2.14. The van der Waals surface area contributed by atoms with Crippen LogP contribution in [0.2, 0.25) is 0 Å². The number of hydrogen-bond donors (Lipinski definition) is 0. The summed E-state index contributed by atoms with van der Waals surface area (Å²) in [4.78, 5) is 0. The molecule has 0 nitrogen and oxygen atoms in total. The van der Waals surface area contributed by atoms with Gasteiger partial charge in [-0.25, -0.2) is 0 Å². The van der Waals surface area contributed by atoms with Crippen molar-refractivity contribution < 1.29 is 0 Å². The van der Waals surface area contributed by atoms with Crippen LogP contribution in [0, 0.1) is 0 Å². The molecule has 0 rings (SSSR count). The molecule has 60 valence electrons. The summed E-state index contributed by atoms with van der Waals surface area (Å²) in [5, 5.41) is 0. The van der Waals surface area contributed by atoms with E-state index in [1.807, 2.05) is 4.31 Å². The summed E-state index contributed by atoms with van der Waals surface area (Å²) in [6.45, 7) is 4.49. The highest BCUT2D eigenvalue weighted by Gasteiger charge is 1.80. The molecule has 0 spiro atoms. The number of thiocarbonyl (C=S) groups is 2. The van der Waals surface area contributed by atoms with Crippen molar-refractivity contribution in [3.8, 4) is 0 Å². The van der Waals surface area contributed by atoms with Gasteiger partial charge in [0.1, 0.15) is 0 Å². The molecule has 0 heterocycles. The second-order valence-corrected chi connectivity index (χ2v) is 2.81. The Morgan fingerprint density at radius 3 is 1.40 bits per heavy atom. The van der Waals surface area contributed by atoms with Gasteiger partial charge in [0.2, 0.25) is 0 Å². The molecule has 0 aliphatic heterocycles. The van der Waals surface area contributed by atoms with Gasteiger partial charge in [-0.1, -0.05) is 46.0 Å². The van der Waals surface area contributed by atoms with Gasteiger partial charge in [0.15, 0.2) is 0 Å². The highest BCUT2D eigenvalue weighted by molar-refractivity contribution is 7.93. The molecule has 0 atom stereocenters. The van der Waals surface area contributed by atoms with Crippen molar-refractivity contribution in [2.75, 3.05) is 0 Å². The van der Waals surface area contributed by atoms with E-state index in [0.717, 1.165) is 0 Å². The Balaban J connectivity index is 0. The third-order valence-electron chi connectivity index (χ3n) is 1.21. The Kier molecular flexibility index (Phi) is 20.7. The van der Waals surface area contributed by atoms with Crippen molar-refractivity contribution in [2.45, 2.75) is 46.0 Å². The van der Waals surface area contributed by atoms with Crippen molar-refractivity contribution in [1.82, 2.24) is 0 Å². The zero-order chi connectivity index (χ0) is 8.24. The normalized spacial score (nSPS) is 7.40. The Bertz CT molecular complexity index is 69.3. The van der Waals surface area contributed by atoms with E-state index in [2.05, 4.69) is 38.3 Å². The lowest BCUT2D eigenvalue weighted by molar-refractivity contribution is 0.656. The lowest BCUT2D eigenvalue weighted by atomic mass is 10.2. The monoisotopic (exact) mass is 176 g/mol. The first-order valence-corrected chi connectivity index (χ1v) is 4.64. The van der Waals surface area contributed by atoms with Crippen LogP contribution in [0.1, 0.15) is 46.0 Å². The molecule has 0 aliphatic carbocycles. The third-order valence-corrected chi connectivity index (χ3v) is 1.21. The summed E-state index contributed by atoms with van der Waals surface area (Å²) >= 11 is 7.92. The van der Waals surface area contributed by atoms with Gasteiger partial charge < -0.3 is 0 Å². The topological polar surface area (TPSA) is 0 Å². The minimum absolute atomic E-state index is 1.36. The molecule has 0 aromatic rings. The molecule has 2 heteroatoms. The van der Waals surface area contributed by atoms with Crippen LogP contribution in [0.15, 0.2) is 0 Å². The van der Waals surface area contributed by atoms with Crippen molar-refractivity contribution in [2.24, 2.45) is 0 Å². The van der Waals surface area contributed by atoms with E-state index in [0.29, 0.717) is 0 Å². The Labute approximate surface area is 75.0 Å². The van der Waals surface area contributed by atoms with Crippen LogP contribution >= 0.6 is 24.4 Å². The smallest absolute Gasteiger partial charge is 0.0297 e. The first kappa shape index (κ1) is 12.9. The maximum atomic E-state index is 3.96. The van der Waals surface area contributed by atoms with Gasteiger partial charge in [-0.15, -0.1) is 0 Å². The molecule has 0 aliphatic rings. The van der Waals surface area contributed by atoms with Crippen LogP contribution in [-0.2, 0) is 0 Å². The van der Waals surface area contributed by atoms with Crippen molar-refractivity contribution >= 4 is 28.7 Å². The van der Waals surface area contributed by atoms with E-state index < -0.39 is 0 Å². The van der Waals surface area contributed by atoms with Gasteiger partial charge in [0, 0.05) is 4.31 Å². The first-order valence-electron chi connectivity index (χ1n) is 3.82. The Hall–Kier alpha value is 0.220. The lowest BCUT2D eigenvalue weighted by Gasteiger charge is -1.90. The minimum atomic E-state index is 1.36. The molecule has 0 amide bonds. The van der Waals surface area contributed by atoms with Crippen molar-refractivity contribution in [1.29, 1.82) is 0 Å². The number of hydrogen-bond acceptors (Lipinski definition) is 2. The fraction of sp³-hybridized carbons (Fsp3) is 0.875. The molecule has 0 fully saturated rings. The zero-order valence-electron chi connectivity index (χ0n) is 6.85. The Morgan fingerprint density at radius 1 is 0.900 bits per heavy atom. The standard InChI is InChI=1S/C7H16.CS2/c1-3-5-7-6-4-2;2-1-3/h3-7H2,1-2H3;. The lowest BCUT2D eigenvalue weighted by Crippen LogP contribution is -1.70. The van der Waals surface area contributed by atoms with Crippen LogP contribution < -0.4 is 0 Å². The fourth-order valence-electron chi connectivity index (χ4n) is 0.677. The van der Waals surface area contributed by atoms with Crippen LogP contribution in [0.3, 0.4) is 0 Å². The average molecular weight is 176 g/mol. The predicted octanol–water partition coefficient (Wildman–Crippen LogP) is 3.99. The van der Waals surface area contributed by atoms with Crippen molar-refractivity contribution in [3.63, 3.8) is 0 Å². The van der Waals surface area contributed by atoms with E-state index in [9.17, 15) is 0 Å². The van der Waals surface area contributed by atoms with E-state index in [1.54, 1.807) is 0 Å². The molecule has 0 aromatic carbocycles. The zero-order valence-corrected chi connectivity index (χ0v) is 8.49. The number of unbranched alkanes of at least 4 members (excludes halogenated alkanes) is 4. The maximum Gasteiger partial charge on any atom is 0.0297 e. The molecule has 0 aromatic heterocycles. The van der Waals surface area contributed by atoms with E-state index in [4.69, 9.17) is 0 Å². The fourth-order valence-corrected chi connectivity index (χ4v) is 0.677. The molecule has 0 bridgehead atoms. The largest absolute Gasteiger partial charge is 0.0654 e. The molecule has 0 saturated carbocycles. The number of rotatable bonds is 4. The van der Waals surface area contributed by atoms with Crippen LogP contribution in [-0.4, -0.2) is 4.31 Å². The van der Waals surface area contributed by atoms with E-state index in [1.165, 1.54) is 32.1 Å². The highest BCUT2D eigenvalue weighted by Crippen LogP contribution is 2.00. The predicted molar refractivity (Wildman–Crippen MR) is 54.6 cm³/mol. The molecule has 0 saturated heterocycles. The average Bonchev–Trinajstić information content (AvgIpc) is 1.91. The van der Waals surface area contributed by atoms with Crippen molar-refractivity contribution in [3.05, 3.63) is 0 Å².